The van der Waals surface area contributed by atoms with Gasteiger partial charge in [0.15, 0.2) is 23.8 Å². The van der Waals surface area contributed by atoms with Gasteiger partial charge in [0.05, 0.1) is 16.5 Å². The summed E-state index contributed by atoms with van der Waals surface area (Å²) in [4.78, 5) is 42.7. The van der Waals surface area contributed by atoms with Crippen LogP contribution in [-0.2, 0) is 15.1 Å². The van der Waals surface area contributed by atoms with Crippen LogP contribution in [-0.4, -0.2) is 76.6 Å². The number of aromatic nitrogens is 7. The molecule has 0 aromatic carbocycles. The van der Waals surface area contributed by atoms with Crippen molar-refractivity contribution in [3.05, 3.63) is 30.0 Å². The highest BCUT2D eigenvalue weighted by atomic mass is 35.5. The minimum Gasteiger partial charge on any atom is -0.479 e. The third kappa shape index (κ3) is 4.46. The van der Waals surface area contributed by atoms with E-state index in [1.165, 1.54) is 11.2 Å². The van der Waals surface area contributed by atoms with Gasteiger partial charge in [-0.2, -0.15) is 5.10 Å². The van der Waals surface area contributed by atoms with Gasteiger partial charge in [-0.05, 0) is 62.3 Å². The first-order valence-corrected chi connectivity index (χ1v) is 14.4. The highest BCUT2D eigenvalue weighted by Crippen LogP contribution is 2.63. The molecule has 1 amide bonds. The summed E-state index contributed by atoms with van der Waals surface area (Å²) in [5.74, 6) is 1.63. The van der Waals surface area contributed by atoms with Crippen molar-refractivity contribution < 1.29 is 24.0 Å². The lowest BCUT2D eigenvalue weighted by Crippen LogP contribution is -2.59. The zero-order chi connectivity index (χ0) is 28.6. The monoisotopic (exact) mass is 607 g/mol. The van der Waals surface area contributed by atoms with E-state index >= 15 is 0 Å². The van der Waals surface area contributed by atoms with Gasteiger partial charge in [0.25, 0.3) is 0 Å². The van der Waals surface area contributed by atoms with Gasteiger partial charge in [-0.25, -0.2) is 34.2 Å². The molecule has 15 heteroatoms. The number of carboxylic acids is 1. The smallest absolute Gasteiger partial charge is 0.410 e. The fourth-order valence-corrected chi connectivity index (χ4v) is 6.76. The number of halogens is 1. The van der Waals surface area contributed by atoms with Crippen LogP contribution in [0.2, 0.25) is 0 Å². The number of carboxylic acid groups (broad SMARTS) is 1. The van der Waals surface area contributed by atoms with E-state index in [1.807, 2.05) is 17.1 Å². The number of piperidine rings is 1. The summed E-state index contributed by atoms with van der Waals surface area (Å²) in [6, 6.07) is 0. The molecule has 224 valence electrons. The van der Waals surface area contributed by atoms with E-state index in [-0.39, 0.29) is 29.8 Å². The minimum absolute atomic E-state index is 0. The average molecular weight is 608 g/mol. The van der Waals surface area contributed by atoms with Crippen molar-refractivity contribution in [3.8, 4) is 22.8 Å². The van der Waals surface area contributed by atoms with E-state index in [0.717, 1.165) is 54.9 Å². The molecule has 4 aromatic rings. The first kappa shape index (κ1) is 27.5. The summed E-state index contributed by atoms with van der Waals surface area (Å²) >= 11 is 0. The second kappa shape index (κ2) is 10.1. The maximum Gasteiger partial charge on any atom is 0.410 e. The molecular formula is C28H30ClN9O5. The Kier molecular flexibility index (Phi) is 6.49. The summed E-state index contributed by atoms with van der Waals surface area (Å²) in [7, 11) is 0. The van der Waals surface area contributed by atoms with E-state index in [1.54, 1.807) is 0 Å². The number of hydrogen-bond donors (Lipinski definition) is 2. The maximum atomic E-state index is 12.1. The van der Waals surface area contributed by atoms with Crippen molar-refractivity contribution in [1.82, 2.24) is 39.8 Å². The van der Waals surface area contributed by atoms with Crippen LogP contribution < -0.4 is 5.73 Å². The predicted molar refractivity (Wildman–Crippen MR) is 153 cm³/mol. The Morgan fingerprint density at radius 1 is 1.02 bits per heavy atom. The van der Waals surface area contributed by atoms with Gasteiger partial charge in [0, 0.05) is 31.4 Å². The van der Waals surface area contributed by atoms with E-state index in [0.29, 0.717) is 60.0 Å². The summed E-state index contributed by atoms with van der Waals surface area (Å²) in [5, 5.41) is 19.0. The third-order valence-electron chi connectivity index (χ3n) is 9.28. The fourth-order valence-electron chi connectivity index (χ4n) is 6.76. The third-order valence-corrected chi connectivity index (χ3v) is 9.28. The standard InChI is InChI=1S/C28H29N9O5.ClH/c29-24-20-21(34-37(26(20)33-13-32-24)28-7-14(8-28)9-28)22-19(23(42-35-22)16-1-2-16)25-30-10-17(11-31-25)15-3-5-36(6-4-15)27(40)41-12-18(38)39;/h10-11,13-16H,1-9,12H2,(H,38,39)(H2,29,32,33);1H. The summed E-state index contributed by atoms with van der Waals surface area (Å²) in [6.07, 6.45) is 11.2. The number of carbonyl (C=O) groups excluding carboxylic acids is 1. The molecule has 3 N–H and O–H groups in total. The number of aliphatic carboxylic acids is 1. The van der Waals surface area contributed by atoms with Gasteiger partial charge >= 0.3 is 12.1 Å². The summed E-state index contributed by atoms with van der Waals surface area (Å²) in [6.45, 7) is 0.292. The number of anilines is 1. The number of likely N-dealkylation sites (tertiary alicyclic amines) is 1. The molecular weight excluding hydrogens is 578 g/mol. The SMILES string of the molecule is Cl.Nc1ncnc2c1c(-c1noc(C3CC3)c1-c1ncc(C3CCN(C(=O)OCC(=O)O)CC3)cn1)nn2C12CC(C1)C2. The van der Waals surface area contributed by atoms with E-state index in [9.17, 15) is 9.59 Å². The van der Waals surface area contributed by atoms with Crippen LogP contribution in [0.5, 0.6) is 0 Å². The normalized spacial score (nSPS) is 22.9. The molecule has 5 heterocycles. The zero-order valence-electron chi connectivity index (χ0n) is 23.2. The number of fused-ring (bicyclic) bond motifs is 1. The number of amides is 1. The van der Waals surface area contributed by atoms with E-state index in [2.05, 4.69) is 15.1 Å². The quantitative estimate of drug-likeness (QED) is 0.310. The van der Waals surface area contributed by atoms with E-state index < -0.39 is 18.7 Å². The lowest BCUT2D eigenvalue weighted by molar-refractivity contribution is -0.140. The summed E-state index contributed by atoms with van der Waals surface area (Å²) in [5.41, 5.74) is 9.95. The lowest BCUT2D eigenvalue weighted by atomic mass is 9.50. The Bertz CT molecular complexity index is 1710. The van der Waals surface area contributed by atoms with Crippen LogP contribution in [0.3, 0.4) is 0 Å². The van der Waals surface area contributed by atoms with Crippen molar-refractivity contribution >= 4 is 41.3 Å². The molecule has 2 bridgehead atoms. The first-order valence-electron chi connectivity index (χ1n) is 14.4. The van der Waals surface area contributed by atoms with Crippen molar-refractivity contribution in [2.24, 2.45) is 5.92 Å². The number of carbonyl (C=O) groups is 2. The van der Waals surface area contributed by atoms with Crippen molar-refractivity contribution in [1.29, 1.82) is 0 Å². The maximum absolute atomic E-state index is 12.1. The Labute approximate surface area is 251 Å². The topological polar surface area (TPSA) is 188 Å². The second-order valence-corrected chi connectivity index (χ2v) is 12.0. The molecule has 14 nitrogen and oxygen atoms in total. The molecule has 4 saturated carbocycles. The van der Waals surface area contributed by atoms with Gasteiger partial charge in [0.2, 0.25) is 0 Å². The van der Waals surface area contributed by atoms with Gasteiger partial charge in [0.1, 0.15) is 23.5 Å². The number of hydrogen-bond acceptors (Lipinski definition) is 11. The molecule has 0 atom stereocenters. The Morgan fingerprint density at radius 2 is 1.74 bits per heavy atom. The lowest BCUT2D eigenvalue weighted by Gasteiger charge is -2.61. The van der Waals surface area contributed by atoms with Crippen molar-refractivity contribution in [2.75, 3.05) is 25.4 Å². The summed E-state index contributed by atoms with van der Waals surface area (Å²) < 4.78 is 12.8. The Hall–Kier alpha value is -4.33. The number of nitrogens with zero attached hydrogens (tertiary/aromatic N) is 8. The molecule has 4 aliphatic carbocycles. The molecule has 43 heavy (non-hydrogen) atoms. The van der Waals surface area contributed by atoms with Crippen LogP contribution >= 0.6 is 12.4 Å². The Balaban J connectivity index is 0.00000300. The van der Waals surface area contributed by atoms with Crippen molar-refractivity contribution in [3.63, 3.8) is 0 Å². The van der Waals surface area contributed by atoms with Gasteiger partial charge in [-0.3, -0.25) is 0 Å². The molecule has 1 saturated heterocycles. The molecule has 0 spiro atoms. The molecule has 9 rings (SSSR count). The van der Waals surface area contributed by atoms with Gasteiger partial charge < -0.3 is 25.0 Å². The zero-order valence-corrected chi connectivity index (χ0v) is 24.0. The first-order chi connectivity index (χ1) is 20.4. The minimum atomic E-state index is -1.18. The largest absolute Gasteiger partial charge is 0.479 e. The van der Waals surface area contributed by atoms with Gasteiger partial charge in [-0.15, -0.1) is 12.4 Å². The number of nitrogen functional groups attached to an aromatic ring is 1. The number of ether oxygens (including phenoxy) is 1. The number of rotatable bonds is 7. The highest BCUT2D eigenvalue weighted by molar-refractivity contribution is 6.00. The molecule has 5 fully saturated rings. The highest BCUT2D eigenvalue weighted by Gasteiger charge is 2.59. The van der Waals surface area contributed by atoms with Crippen LogP contribution in [0.4, 0.5) is 10.6 Å². The van der Waals surface area contributed by atoms with Gasteiger partial charge in [-0.1, -0.05) is 5.16 Å². The van der Waals surface area contributed by atoms with Crippen molar-refractivity contribution in [2.45, 2.75) is 62.3 Å². The van der Waals surface area contributed by atoms with Crippen LogP contribution in [0.1, 0.15) is 68.1 Å². The Morgan fingerprint density at radius 3 is 2.37 bits per heavy atom. The molecule has 0 radical (unpaired) electrons. The predicted octanol–water partition coefficient (Wildman–Crippen LogP) is 3.73. The average Bonchev–Trinajstić information content (AvgIpc) is 3.59. The molecule has 1 aliphatic heterocycles. The fraction of sp³-hybridized carbons (Fsp3) is 0.500. The van der Waals surface area contributed by atoms with Crippen LogP contribution in [0.25, 0.3) is 33.8 Å². The molecule has 4 aromatic heterocycles. The second-order valence-electron chi connectivity index (χ2n) is 12.0. The number of nitrogens with two attached hydrogens (primary N) is 1. The van der Waals surface area contributed by atoms with Crippen LogP contribution in [0.15, 0.2) is 23.2 Å². The van der Waals surface area contributed by atoms with Crippen LogP contribution in [0, 0.1) is 5.92 Å². The van der Waals surface area contributed by atoms with E-state index in [4.69, 9.17) is 35.2 Å². The molecule has 0 unspecified atom stereocenters. The molecule has 5 aliphatic rings.